The van der Waals surface area contributed by atoms with Gasteiger partial charge in [-0.05, 0) is 31.0 Å². The van der Waals surface area contributed by atoms with Crippen molar-refractivity contribution in [1.29, 1.82) is 0 Å². The normalized spacial score (nSPS) is 12.5. The summed E-state index contributed by atoms with van der Waals surface area (Å²) in [5.74, 6) is 0.903. The van der Waals surface area contributed by atoms with Crippen LogP contribution in [0.25, 0.3) is 0 Å². The van der Waals surface area contributed by atoms with Crippen LogP contribution in [0.1, 0.15) is 38.3 Å². The molecule has 1 aromatic carbocycles. The van der Waals surface area contributed by atoms with E-state index in [1.807, 2.05) is 25.1 Å². The Morgan fingerprint density at radius 1 is 1.47 bits per heavy atom. The Morgan fingerprint density at radius 3 is 2.73 bits per heavy atom. The lowest BCUT2D eigenvalue weighted by Gasteiger charge is -2.11. The third-order valence-corrected chi connectivity index (χ3v) is 2.92. The molecule has 2 nitrogen and oxygen atoms in total. The van der Waals surface area contributed by atoms with Gasteiger partial charge in [0.15, 0.2) is 0 Å². The Kier molecular flexibility index (Phi) is 5.12. The first-order valence-electron chi connectivity index (χ1n) is 5.33. The highest BCUT2D eigenvalue weighted by Crippen LogP contribution is 2.26. The molecule has 0 aliphatic carbocycles. The van der Waals surface area contributed by atoms with Crippen molar-refractivity contribution >= 4 is 15.9 Å². The zero-order valence-electron chi connectivity index (χ0n) is 9.29. The summed E-state index contributed by atoms with van der Waals surface area (Å²) in [5, 5.41) is 0. The van der Waals surface area contributed by atoms with E-state index in [9.17, 15) is 0 Å². The molecule has 0 fully saturated rings. The number of hydrogen-bond donors (Lipinski definition) is 1. The zero-order chi connectivity index (χ0) is 11.3. The van der Waals surface area contributed by atoms with E-state index in [0.717, 1.165) is 35.2 Å². The summed E-state index contributed by atoms with van der Waals surface area (Å²) >= 11 is 3.50. The van der Waals surface area contributed by atoms with Crippen molar-refractivity contribution in [3.8, 4) is 5.75 Å². The van der Waals surface area contributed by atoms with Crippen molar-refractivity contribution in [3.63, 3.8) is 0 Å². The van der Waals surface area contributed by atoms with Gasteiger partial charge in [-0.25, -0.2) is 0 Å². The van der Waals surface area contributed by atoms with Crippen molar-refractivity contribution in [2.75, 3.05) is 6.61 Å². The molecule has 1 atom stereocenters. The van der Waals surface area contributed by atoms with E-state index in [1.54, 1.807) is 0 Å². The van der Waals surface area contributed by atoms with E-state index >= 15 is 0 Å². The molecule has 0 amide bonds. The standard InChI is InChI=1S/C12H18BrNO/c1-3-4-7-15-10-5-6-11(9(2)14)12(13)8-10/h5-6,8-9H,3-4,7,14H2,1-2H3/t9-/m1/s1. The predicted octanol–water partition coefficient (Wildman–Crippen LogP) is 3.65. The molecule has 0 aliphatic rings. The summed E-state index contributed by atoms with van der Waals surface area (Å²) in [6, 6.07) is 6.01. The highest BCUT2D eigenvalue weighted by atomic mass is 79.9. The molecule has 84 valence electrons. The molecular weight excluding hydrogens is 254 g/mol. The van der Waals surface area contributed by atoms with Gasteiger partial charge in [0.25, 0.3) is 0 Å². The van der Waals surface area contributed by atoms with Gasteiger partial charge in [0.1, 0.15) is 5.75 Å². The molecule has 0 saturated carbocycles. The minimum atomic E-state index is 0.0454. The van der Waals surface area contributed by atoms with Crippen LogP contribution in [0.15, 0.2) is 22.7 Å². The third kappa shape index (κ3) is 3.84. The zero-order valence-corrected chi connectivity index (χ0v) is 10.9. The molecular formula is C12H18BrNO. The van der Waals surface area contributed by atoms with Crippen molar-refractivity contribution in [1.82, 2.24) is 0 Å². The average molecular weight is 272 g/mol. The van der Waals surface area contributed by atoms with Gasteiger partial charge < -0.3 is 10.5 Å². The number of rotatable bonds is 5. The average Bonchev–Trinajstić information content (AvgIpc) is 2.17. The van der Waals surface area contributed by atoms with Gasteiger partial charge in [-0.2, -0.15) is 0 Å². The van der Waals surface area contributed by atoms with E-state index in [1.165, 1.54) is 0 Å². The van der Waals surface area contributed by atoms with Gasteiger partial charge in [-0.3, -0.25) is 0 Å². The highest BCUT2D eigenvalue weighted by Gasteiger charge is 2.05. The van der Waals surface area contributed by atoms with Crippen molar-refractivity contribution in [2.24, 2.45) is 5.73 Å². The number of nitrogens with two attached hydrogens (primary N) is 1. The maximum atomic E-state index is 5.82. The first-order chi connectivity index (χ1) is 7.15. The van der Waals surface area contributed by atoms with E-state index in [2.05, 4.69) is 22.9 Å². The molecule has 15 heavy (non-hydrogen) atoms. The molecule has 1 aromatic rings. The van der Waals surface area contributed by atoms with Crippen LogP contribution in [-0.4, -0.2) is 6.61 Å². The monoisotopic (exact) mass is 271 g/mol. The second-order valence-electron chi connectivity index (χ2n) is 3.67. The van der Waals surface area contributed by atoms with E-state index in [4.69, 9.17) is 10.5 Å². The number of benzene rings is 1. The van der Waals surface area contributed by atoms with E-state index in [-0.39, 0.29) is 6.04 Å². The van der Waals surface area contributed by atoms with Crippen LogP contribution in [0.2, 0.25) is 0 Å². The lowest BCUT2D eigenvalue weighted by molar-refractivity contribution is 0.309. The minimum absolute atomic E-state index is 0.0454. The minimum Gasteiger partial charge on any atom is -0.494 e. The van der Waals surface area contributed by atoms with Gasteiger partial charge in [0.05, 0.1) is 6.61 Å². The Morgan fingerprint density at radius 2 is 2.20 bits per heavy atom. The van der Waals surface area contributed by atoms with Crippen LogP contribution in [-0.2, 0) is 0 Å². The summed E-state index contributed by atoms with van der Waals surface area (Å²) in [6.45, 7) is 4.90. The Bertz CT molecular complexity index is 312. The largest absolute Gasteiger partial charge is 0.494 e. The van der Waals surface area contributed by atoms with Crippen LogP contribution in [0, 0.1) is 0 Å². The summed E-state index contributed by atoms with van der Waals surface area (Å²) in [4.78, 5) is 0. The lowest BCUT2D eigenvalue weighted by Crippen LogP contribution is -2.06. The number of halogens is 1. The number of ether oxygens (including phenoxy) is 1. The molecule has 0 aromatic heterocycles. The van der Waals surface area contributed by atoms with Crippen LogP contribution >= 0.6 is 15.9 Å². The molecule has 0 heterocycles. The summed E-state index contributed by atoms with van der Waals surface area (Å²) in [5.41, 5.74) is 6.92. The fourth-order valence-electron chi connectivity index (χ4n) is 1.30. The topological polar surface area (TPSA) is 35.2 Å². The quantitative estimate of drug-likeness (QED) is 0.830. The van der Waals surface area contributed by atoms with Crippen LogP contribution < -0.4 is 10.5 Å². The predicted molar refractivity (Wildman–Crippen MR) is 67.1 cm³/mol. The number of unbranched alkanes of at least 4 members (excludes halogenated alkanes) is 1. The molecule has 0 unspecified atom stereocenters. The highest BCUT2D eigenvalue weighted by molar-refractivity contribution is 9.10. The molecule has 0 spiro atoms. The van der Waals surface area contributed by atoms with Gasteiger partial charge in [0.2, 0.25) is 0 Å². The Balaban J connectivity index is 2.65. The third-order valence-electron chi connectivity index (χ3n) is 2.23. The number of hydrogen-bond acceptors (Lipinski definition) is 2. The maximum absolute atomic E-state index is 5.82. The SMILES string of the molecule is CCCCOc1ccc([C@@H](C)N)c(Br)c1. The van der Waals surface area contributed by atoms with Crippen LogP contribution in [0.3, 0.4) is 0 Å². The van der Waals surface area contributed by atoms with Gasteiger partial charge in [-0.15, -0.1) is 0 Å². The summed E-state index contributed by atoms with van der Waals surface area (Å²) < 4.78 is 6.61. The van der Waals surface area contributed by atoms with Crippen molar-refractivity contribution < 1.29 is 4.74 Å². The molecule has 0 radical (unpaired) electrons. The second kappa shape index (κ2) is 6.13. The van der Waals surface area contributed by atoms with Gasteiger partial charge in [-0.1, -0.05) is 35.3 Å². The Hall–Kier alpha value is -0.540. The van der Waals surface area contributed by atoms with Crippen molar-refractivity contribution in [2.45, 2.75) is 32.7 Å². The van der Waals surface area contributed by atoms with E-state index in [0.29, 0.717) is 0 Å². The van der Waals surface area contributed by atoms with Crippen molar-refractivity contribution in [3.05, 3.63) is 28.2 Å². The Labute approximate surface area is 99.9 Å². The first kappa shape index (κ1) is 12.5. The fraction of sp³-hybridized carbons (Fsp3) is 0.500. The van der Waals surface area contributed by atoms with Crippen LogP contribution in [0.5, 0.6) is 5.75 Å². The summed E-state index contributed by atoms with van der Waals surface area (Å²) in [6.07, 6.45) is 2.24. The molecule has 3 heteroatoms. The second-order valence-corrected chi connectivity index (χ2v) is 4.53. The lowest BCUT2D eigenvalue weighted by atomic mass is 10.1. The molecule has 0 bridgehead atoms. The fourth-order valence-corrected chi connectivity index (χ4v) is 2.02. The summed E-state index contributed by atoms with van der Waals surface area (Å²) in [7, 11) is 0. The van der Waals surface area contributed by atoms with Crippen LogP contribution in [0.4, 0.5) is 0 Å². The molecule has 1 rings (SSSR count). The molecule has 0 saturated heterocycles. The first-order valence-corrected chi connectivity index (χ1v) is 6.12. The van der Waals surface area contributed by atoms with E-state index < -0.39 is 0 Å². The maximum Gasteiger partial charge on any atom is 0.120 e. The van der Waals surface area contributed by atoms with Gasteiger partial charge in [0, 0.05) is 10.5 Å². The smallest absolute Gasteiger partial charge is 0.120 e. The van der Waals surface area contributed by atoms with Gasteiger partial charge >= 0.3 is 0 Å². The molecule has 2 N–H and O–H groups in total. The molecule has 0 aliphatic heterocycles.